The van der Waals surface area contributed by atoms with Gasteiger partial charge in [0.25, 0.3) is 0 Å². The minimum atomic E-state index is -0.587. The number of methoxy groups -OCH3 is 2. The molecule has 34 heavy (non-hydrogen) atoms. The van der Waals surface area contributed by atoms with Crippen molar-refractivity contribution in [3.8, 4) is 28.6 Å². The summed E-state index contributed by atoms with van der Waals surface area (Å²) >= 11 is 0. The molecule has 0 aliphatic heterocycles. The molecule has 0 atom stereocenters. The Labute approximate surface area is 197 Å². The Hall–Kier alpha value is -4.14. The summed E-state index contributed by atoms with van der Waals surface area (Å²) in [5.41, 5.74) is 4.90. The molecule has 0 saturated heterocycles. The van der Waals surface area contributed by atoms with E-state index < -0.39 is 5.97 Å². The normalized spacial score (nSPS) is 10.9. The predicted molar refractivity (Wildman–Crippen MR) is 124 cm³/mol. The summed E-state index contributed by atoms with van der Waals surface area (Å²) in [5, 5.41) is 8.19. The van der Waals surface area contributed by atoms with Gasteiger partial charge in [-0.15, -0.1) is 5.10 Å². The Bertz CT molecular complexity index is 1340. The molecular formula is C25H26N4O5. The molecule has 0 unspecified atom stereocenters. The summed E-state index contributed by atoms with van der Waals surface area (Å²) in [6.45, 7) is 7.48. The van der Waals surface area contributed by atoms with Crippen LogP contribution in [0.3, 0.4) is 0 Å². The van der Waals surface area contributed by atoms with Crippen molar-refractivity contribution in [3.05, 3.63) is 70.4 Å². The summed E-state index contributed by atoms with van der Waals surface area (Å²) in [6.07, 6.45) is 0. The van der Waals surface area contributed by atoms with Crippen LogP contribution in [0.25, 0.3) is 17.1 Å². The van der Waals surface area contributed by atoms with Gasteiger partial charge in [-0.1, -0.05) is 17.3 Å². The molecule has 0 bridgehead atoms. The number of para-hydroxylation sites is 1. The number of carbonyl (C=O) groups excluding carboxylic acids is 1. The van der Waals surface area contributed by atoms with Crippen LogP contribution in [0, 0.1) is 27.7 Å². The summed E-state index contributed by atoms with van der Waals surface area (Å²) in [7, 11) is 3.11. The molecule has 0 aliphatic rings. The standard InChI is InChI=1S/C25H26N4O5/c1-14-10-15(2)12-18(11-14)29-16(3)22(27-28-29)25(30)33-13-20-17(4)34-24(26-20)19-8-7-9-21(31-5)23(19)32-6/h7-12H,13H2,1-6H3. The fourth-order valence-electron chi connectivity index (χ4n) is 3.77. The number of rotatable bonds is 7. The second kappa shape index (κ2) is 9.38. The largest absolute Gasteiger partial charge is 0.493 e. The maximum atomic E-state index is 12.8. The highest BCUT2D eigenvalue weighted by atomic mass is 16.5. The van der Waals surface area contributed by atoms with Gasteiger partial charge in [-0.2, -0.15) is 0 Å². The Kier molecular flexibility index (Phi) is 6.36. The third-order valence-corrected chi connectivity index (χ3v) is 5.40. The molecule has 0 radical (unpaired) electrons. The van der Waals surface area contributed by atoms with Gasteiger partial charge in [0.15, 0.2) is 17.2 Å². The summed E-state index contributed by atoms with van der Waals surface area (Å²) in [6, 6.07) is 11.5. The van der Waals surface area contributed by atoms with Crippen LogP contribution < -0.4 is 9.47 Å². The van der Waals surface area contributed by atoms with E-state index in [9.17, 15) is 4.79 Å². The minimum absolute atomic E-state index is 0.0731. The summed E-state index contributed by atoms with van der Waals surface area (Å²) in [5.74, 6) is 1.36. The Morgan fingerprint density at radius 3 is 2.44 bits per heavy atom. The molecule has 9 heteroatoms. The zero-order valence-electron chi connectivity index (χ0n) is 20.0. The molecule has 176 valence electrons. The number of ether oxygens (including phenoxy) is 3. The van der Waals surface area contributed by atoms with E-state index in [2.05, 4.69) is 21.4 Å². The highest BCUT2D eigenvalue weighted by Crippen LogP contribution is 2.38. The average molecular weight is 463 g/mol. The van der Waals surface area contributed by atoms with Crippen LogP contribution >= 0.6 is 0 Å². The molecule has 2 aromatic carbocycles. The van der Waals surface area contributed by atoms with Gasteiger partial charge in [0.2, 0.25) is 5.89 Å². The van der Waals surface area contributed by atoms with Gasteiger partial charge < -0.3 is 18.6 Å². The first kappa shape index (κ1) is 23.0. The molecule has 0 saturated carbocycles. The lowest BCUT2D eigenvalue weighted by molar-refractivity contribution is 0.0459. The first-order valence-electron chi connectivity index (χ1n) is 10.7. The third-order valence-electron chi connectivity index (χ3n) is 5.40. The Balaban J connectivity index is 1.53. The number of hydrogen-bond acceptors (Lipinski definition) is 8. The highest BCUT2D eigenvalue weighted by Gasteiger charge is 2.22. The molecule has 0 spiro atoms. The molecule has 9 nitrogen and oxygen atoms in total. The number of oxazole rings is 1. The lowest BCUT2D eigenvalue weighted by atomic mass is 10.1. The second-order valence-corrected chi connectivity index (χ2v) is 7.92. The van der Waals surface area contributed by atoms with E-state index in [1.807, 2.05) is 38.1 Å². The summed E-state index contributed by atoms with van der Waals surface area (Å²) in [4.78, 5) is 17.3. The van der Waals surface area contributed by atoms with Gasteiger partial charge in [0.1, 0.15) is 18.1 Å². The van der Waals surface area contributed by atoms with Gasteiger partial charge in [0.05, 0.1) is 31.2 Å². The molecule has 4 rings (SSSR count). The van der Waals surface area contributed by atoms with E-state index in [-0.39, 0.29) is 12.3 Å². The van der Waals surface area contributed by atoms with Gasteiger partial charge in [-0.25, -0.2) is 14.5 Å². The number of benzene rings is 2. The topological polar surface area (TPSA) is 102 Å². The van der Waals surface area contributed by atoms with Gasteiger partial charge in [0, 0.05) is 0 Å². The maximum absolute atomic E-state index is 12.8. The van der Waals surface area contributed by atoms with Crippen molar-refractivity contribution in [2.45, 2.75) is 34.3 Å². The number of carbonyl (C=O) groups is 1. The van der Waals surface area contributed by atoms with Crippen molar-refractivity contribution < 1.29 is 23.4 Å². The smallest absolute Gasteiger partial charge is 0.361 e. The zero-order chi connectivity index (χ0) is 24.4. The zero-order valence-corrected chi connectivity index (χ0v) is 20.0. The molecule has 2 aromatic heterocycles. The van der Waals surface area contributed by atoms with E-state index in [4.69, 9.17) is 18.6 Å². The molecule has 0 aliphatic carbocycles. The van der Waals surface area contributed by atoms with E-state index in [0.717, 1.165) is 16.8 Å². The first-order valence-corrected chi connectivity index (χ1v) is 10.7. The number of esters is 1. The number of aromatic nitrogens is 4. The van der Waals surface area contributed by atoms with Crippen molar-refractivity contribution in [1.82, 2.24) is 20.0 Å². The van der Waals surface area contributed by atoms with E-state index in [1.54, 1.807) is 38.8 Å². The van der Waals surface area contributed by atoms with Crippen molar-refractivity contribution in [3.63, 3.8) is 0 Å². The van der Waals surface area contributed by atoms with Crippen LogP contribution in [0.15, 0.2) is 40.8 Å². The van der Waals surface area contributed by atoms with Crippen molar-refractivity contribution in [2.24, 2.45) is 0 Å². The monoisotopic (exact) mass is 462 g/mol. The van der Waals surface area contributed by atoms with Gasteiger partial charge >= 0.3 is 5.97 Å². The van der Waals surface area contributed by atoms with E-state index in [0.29, 0.717) is 40.1 Å². The van der Waals surface area contributed by atoms with Crippen LogP contribution in [0.5, 0.6) is 11.5 Å². The quantitative estimate of drug-likeness (QED) is 0.369. The fourth-order valence-corrected chi connectivity index (χ4v) is 3.77. The van der Waals surface area contributed by atoms with E-state index in [1.165, 1.54) is 0 Å². The lowest BCUT2D eigenvalue weighted by Crippen LogP contribution is -2.09. The number of nitrogens with zero attached hydrogens (tertiary/aromatic N) is 4. The number of hydrogen-bond donors (Lipinski definition) is 0. The maximum Gasteiger partial charge on any atom is 0.361 e. The first-order chi connectivity index (χ1) is 16.3. The van der Waals surface area contributed by atoms with Crippen LogP contribution in [0.2, 0.25) is 0 Å². The molecule has 0 amide bonds. The Morgan fingerprint density at radius 1 is 1.03 bits per heavy atom. The van der Waals surface area contributed by atoms with Crippen LogP contribution in [-0.2, 0) is 11.3 Å². The van der Waals surface area contributed by atoms with Crippen molar-refractivity contribution in [1.29, 1.82) is 0 Å². The minimum Gasteiger partial charge on any atom is -0.493 e. The molecule has 4 aromatic rings. The van der Waals surface area contributed by atoms with Crippen LogP contribution in [0.4, 0.5) is 0 Å². The SMILES string of the molecule is COc1cccc(-c2nc(COC(=O)c3nnn(-c4cc(C)cc(C)c4)c3C)c(C)o2)c1OC. The van der Waals surface area contributed by atoms with Crippen LogP contribution in [0.1, 0.15) is 38.8 Å². The highest BCUT2D eigenvalue weighted by molar-refractivity contribution is 5.88. The number of aryl methyl sites for hydroxylation is 3. The molecule has 2 heterocycles. The molecular weight excluding hydrogens is 436 g/mol. The van der Waals surface area contributed by atoms with Crippen molar-refractivity contribution in [2.75, 3.05) is 14.2 Å². The molecule has 0 fully saturated rings. The Morgan fingerprint density at radius 2 is 1.76 bits per heavy atom. The fraction of sp³-hybridized carbons (Fsp3) is 0.280. The van der Waals surface area contributed by atoms with Crippen LogP contribution in [-0.4, -0.2) is 40.2 Å². The molecule has 0 N–H and O–H groups in total. The third kappa shape index (κ3) is 4.36. The lowest BCUT2D eigenvalue weighted by Gasteiger charge is -2.09. The van der Waals surface area contributed by atoms with Gasteiger partial charge in [-0.05, 0) is 63.1 Å². The summed E-state index contributed by atoms with van der Waals surface area (Å²) < 4.78 is 23.7. The second-order valence-electron chi connectivity index (χ2n) is 7.92. The average Bonchev–Trinajstić information content (AvgIpc) is 3.38. The predicted octanol–water partition coefficient (Wildman–Crippen LogP) is 4.53. The van der Waals surface area contributed by atoms with E-state index >= 15 is 0 Å². The van der Waals surface area contributed by atoms with Crippen molar-refractivity contribution >= 4 is 5.97 Å². The van der Waals surface area contributed by atoms with Gasteiger partial charge in [-0.3, -0.25) is 0 Å².